The molecule has 9 nitrogen and oxygen atoms in total. The zero-order valence-corrected chi connectivity index (χ0v) is 20.7. The van der Waals surface area contributed by atoms with Crippen LogP contribution < -0.4 is 20.1 Å². The largest absolute Gasteiger partial charge is 0.497 e. The second-order valence-corrected chi connectivity index (χ2v) is 9.69. The molecular weight excluding hydrogens is 460 g/mol. The van der Waals surface area contributed by atoms with Crippen molar-refractivity contribution in [2.75, 3.05) is 34.0 Å². The SMILES string of the molecule is COc1ccc(C2(c3ccc(OC)cc3)NC(=O)N(CN3CCC(C(=O)NC4CC4)CC3)C2=O)cc1. The van der Waals surface area contributed by atoms with Gasteiger partial charge in [-0.2, -0.15) is 0 Å². The van der Waals surface area contributed by atoms with Crippen LogP contribution in [0.4, 0.5) is 4.79 Å². The molecular formula is C27H32N4O5. The highest BCUT2D eigenvalue weighted by atomic mass is 16.5. The van der Waals surface area contributed by atoms with Gasteiger partial charge in [0.1, 0.15) is 11.5 Å². The van der Waals surface area contributed by atoms with Gasteiger partial charge in [0, 0.05) is 25.0 Å². The van der Waals surface area contributed by atoms with E-state index in [-0.39, 0.29) is 24.4 Å². The monoisotopic (exact) mass is 492 g/mol. The maximum Gasteiger partial charge on any atom is 0.326 e. The Hall–Kier alpha value is -3.59. The molecule has 0 bridgehead atoms. The summed E-state index contributed by atoms with van der Waals surface area (Å²) in [6, 6.07) is 14.2. The minimum Gasteiger partial charge on any atom is -0.497 e. The van der Waals surface area contributed by atoms with E-state index in [0.717, 1.165) is 12.8 Å². The molecule has 2 saturated heterocycles. The van der Waals surface area contributed by atoms with E-state index in [1.54, 1.807) is 62.8 Å². The van der Waals surface area contributed by atoms with Crippen LogP contribution in [-0.4, -0.2) is 67.7 Å². The number of ether oxygens (including phenoxy) is 2. The van der Waals surface area contributed by atoms with Crippen LogP contribution in [0.2, 0.25) is 0 Å². The van der Waals surface area contributed by atoms with Crippen molar-refractivity contribution in [3.8, 4) is 11.5 Å². The Kier molecular flexibility index (Phi) is 6.57. The van der Waals surface area contributed by atoms with E-state index in [1.165, 1.54) is 4.90 Å². The third kappa shape index (κ3) is 4.51. The zero-order chi connectivity index (χ0) is 25.3. The molecule has 1 aliphatic carbocycles. The van der Waals surface area contributed by atoms with Crippen LogP contribution in [0.3, 0.4) is 0 Å². The summed E-state index contributed by atoms with van der Waals surface area (Å²) >= 11 is 0. The van der Waals surface area contributed by atoms with Crippen LogP contribution in [0, 0.1) is 5.92 Å². The Bertz CT molecular complexity index is 1070. The molecule has 3 fully saturated rings. The van der Waals surface area contributed by atoms with Gasteiger partial charge in [0.25, 0.3) is 5.91 Å². The highest BCUT2D eigenvalue weighted by molar-refractivity contribution is 6.09. The molecule has 0 radical (unpaired) electrons. The van der Waals surface area contributed by atoms with Gasteiger partial charge in [-0.25, -0.2) is 9.69 Å². The minimum absolute atomic E-state index is 0.0114. The number of methoxy groups -OCH3 is 2. The molecule has 2 aromatic rings. The molecule has 0 aromatic heterocycles. The third-order valence-corrected chi connectivity index (χ3v) is 7.38. The minimum atomic E-state index is -1.36. The number of imide groups is 1. The molecule has 1 saturated carbocycles. The lowest BCUT2D eigenvalue weighted by Gasteiger charge is -2.33. The number of nitrogens with one attached hydrogen (secondary N) is 2. The lowest BCUT2D eigenvalue weighted by atomic mass is 9.82. The van der Waals surface area contributed by atoms with Gasteiger partial charge in [0.2, 0.25) is 5.91 Å². The van der Waals surface area contributed by atoms with Crippen molar-refractivity contribution in [1.29, 1.82) is 0 Å². The van der Waals surface area contributed by atoms with Gasteiger partial charge < -0.3 is 20.1 Å². The Balaban J connectivity index is 1.36. The lowest BCUT2D eigenvalue weighted by Crippen LogP contribution is -2.48. The summed E-state index contributed by atoms with van der Waals surface area (Å²) < 4.78 is 10.6. The molecule has 9 heteroatoms. The Morgan fingerprint density at radius 3 is 1.92 bits per heavy atom. The van der Waals surface area contributed by atoms with Crippen molar-refractivity contribution < 1.29 is 23.9 Å². The maximum atomic E-state index is 14.0. The molecule has 190 valence electrons. The first-order valence-corrected chi connectivity index (χ1v) is 12.4. The van der Waals surface area contributed by atoms with Gasteiger partial charge in [-0.3, -0.25) is 14.5 Å². The van der Waals surface area contributed by atoms with Gasteiger partial charge >= 0.3 is 6.03 Å². The second-order valence-electron chi connectivity index (χ2n) is 9.69. The van der Waals surface area contributed by atoms with E-state index in [1.807, 2.05) is 0 Å². The van der Waals surface area contributed by atoms with Gasteiger partial charge in [0.15, 0.2) is 5.54 Å². The van der Waals surface area contributed by atoms with Gasteiger partial charge in [-0.15, -0.1) is 0 Å². The first-order valence-electron chi connectivity index (χ1n) is 12.4. The predicted molar refractivity (Wildman–Crippen MR) is 132 cm³/mol. The fraction of sp³-hybridized carbons (Fsp3) is 0.444. The number of piperidine rings is 1. The van der Waals surface area contributed by atoms with Gasteiger partial charge in [-0.1, -0.05) is 24.3 Å². The van der Waals surface area contributed by atoms with Crippen molar-refractivity contribution >= 4 is 17.8 Å². The van der Waals surface area contributed by atoms with Crippen LogP contribution in [0.5, 0.6) is 11.5 Å². The zero-order valence-electron chi connectivity index (χ0n) is 20.7. The number of carbonyl (C=O) groups is 3. The van der Waals surface area contributed by atoms with Gasteiger partial charge in [0.05, 0.1) is 20.9 Å². The van der Waals surface area contributed by atoms with Crippen molar-refractivity contribution in [2.45, 2.75) is 37.3 Å². The second kappa shape index (κ2) is 9.81. The number of hydrogen-bond acceptors (Lipinski definition) is 6. The number of amides is 4. The van der Waals surface area contributed by atoms with Crippen LogP contribution >= 0.6 is 0 Å². The molecule has 0 spiro atoms. The molecule has 2 N–H and O–H groups in total. The van der Waals surface area contributed by atoms with E-state index >= 15 is 0 Å². The molecule has 4 amide bonds. The third-order valence-electron chi connectivity index (χ3n) is 7.38. The number of nitrogens with zero attached hydrogens (tertiary/aromatic N) is 2. The van der Waals surface area contributed by atoms with E-state index in [2.05, 4.69) is 15.5 Å². The number of hydrogen-bond donors (Lipinski definition) is 2. The maximum absolute atomic E-state index is 14.0. The van der Waals surface area contributed by atoms with Crippen LogP contribution in [0.25, 0.3) is 0 Å². The molecule has 2 aliphatic heterocycles. The standard InChI is InChI=1S/C27H32N4O5/c1-35-22-9-3-19(4-10-22)27(20-5-11-23(36-2)12-6-20)25(33)31(26(34)29-27)17-30-15-13-18(14-16-30)24(32)28-21-7-8-21/h3-6,9-12,18,21H,7-8,13-17H2,1-2H3,(H,28,32)(H,29,34). The topological polar surface area (TPSA) is 100 Å². The molecule has 2 aromatic carbocycles. The van der Waals surface area contributed by atoms with E-state index in [9.17, 15) is 14.4 Å². The molecule has 0 unspecified atom stereocenters. The summed E-state index contributed by atoms with van der Waals surface area (Å²) in [5.41, 5.74) is -0.0764. The van der Waals surface area contributed by atoms with E-state index in [4.69, 9.17) is 9.47 Å². The number of carbonyl (C=O) groups excluding carboxylic acids is 3. The average molecular weight is 493 g/mol. The molecule has 2 heterocycles. The number of urea groups is 1. The average Bonchev–Trinajstić information content (AvgIpc) is 3.70. The summed E-state index contributed by atoms with van der Waals surface area (Å²) in [5.74, 6) is 1.10. The number of likely N-dealkylation sites (tertiary alicyclic amines) is 1. The quantitative estimate of drug-likeness (QED) is 0.549. The van der Waals surface area contributed by atoms with Crippen molar-refractivity contribution in [2.24, 2.45) is 5.92 Å². The van der Waals surface area contributed by atoms with Crippen molar-refractivity contribution in [1.82, 2.24) is 20.4 Å². The molecule has 36 heavy (non-hydrogen) atoms. The summed E-state index contributed by atoms with van der Waals surface area (Å²) in [6.07, 6.45) is 3.57. The summed E-state index contributed by atoms with van der Waals surface area (Å²) in [5, 5.41) is 6.07. The normalized spacial score (nSPS) is 20.2. The van der Waals surface area contributed by atoms with Gasteiger partial charge in [-0.05, 0) is 61.1 Å². The smallest absolute Gasteiger partial charge is 0.326 e. The molecule has 3 aliphatic rings. The first kappa shape index (κ1) is 24.1. The lowest BCUT2D eigenvalue weighted by molar-refractivity contribution is -0.133. The summed E-state index contributed by atoms with van der Waals surface area (Å²) in [6.45, 7) is 1.48. The fourth-order valence-electron chi connectivity index (χ4n) is 5.03. The Morgan fingerprint density at radius 2 is 1.44 bits per heavy atom. The fourth-order valence-corrected chi connectivity index (χ4v) is 5.03. The van der Waals surface area contributed by atoms with Crippen LogP contribution in [0.15, 0.2) is 48.5 Å². The highest BCUT2D eigenvalue weighted by Crippen LogP contribution is 2.38. The van der Waals surface area contributed by atoms with E-state index < -0.39 is 11.6 Å². The summed E-state index contributed by atoms with van der Waals surface area (Å²) in [4.78, 5) is 43.0. The Morgan fingerprint density at radius 1 is 0.917 bits per heavy atom. The predicted octanol–water partition coefficient (Wildman–Crippen LogP) is 2.45. The molecule has 5 rings (SSSR count). The first-order chi connectivity index (χ1) is 17.4. The number of benzene rings is 2. The van der Waals surface area contributed by atoms with Crippen LogP contribution in [-0.2, 0) is 15.1 Å². The highest BCUT2D eigenvalue weighted by Gasteiger charge is 2.54. The summed E-state index contributed by atoms with van der Waals surface area (Å²) in [7, 11) is 3.16. The number of rotatable bonds is 8. The van der Waals surface area contributed by atoms with Crippen molar-refractivity contribution in [3.63, 3.8) is 0 Å². The van der Waals surface area contributed by atoms with E-state index in [0.29, 0.717) is 54.6 Å². The van der Waals surface area contributed by atoms with Crippen molar-refractivity contribution in [3.05, 3.63) is 59.7 Å². The molecule has 0 atom stereocenters. The van der Waals surface area contributed by atoms with Crippen LogP contribution in [0.1, 0.15) is 36.8 Å². The Labute approximate surface area is 210 Å².